The molecule has 0 aliphatic heterocycles. The van der Waals surface area contributed by atoms with Crippen molar-refractivity contribution in [1.82, 2.24) is 5.32 Å². The largest absolute Gasteiger partial charge is 0.360 e. The standard InChI is InChI=1S/C19H22F2N2S/c1-13(12-19(2,3)14-7-5-4-6-8-14)22-18(24)23-15-9-10-16(20)17(21)11-15/h4-11,13H,12H2,1-3H3,(H2,22,23,24)/t13-/m0/s1. The zero-order valence-corrected chi connectivity index (χ0v) is 14.9. The quantitative estimate of drug-likeness (QED) is 0.743. The lowest BCUT2D eigenvalue weighted by Gasteiger charge is -2.29. The molecule has 128 valence electrons. The van der Waals surface area contributed by atoms with E-state index in [4.69, 9.17) is 12.2 Å². The summed E-state index contributed by atoms with van der Waals surface area (Å²) in [6.07, 6.45) is 0.872. The van der Waals surface area contributed by atoms with Gasteiger partial charge < -0.3 is 10.6 Å². The predicted molar refractivity (Wildman–Crippen MR) is 99.3 cm³/mol. The molecule has 0 heterocycles. The highest BCUT2D eigenvalue weighted by Gasteiger charge is 2.23. The molecule has 0 amide bonds. The first-order valence-corrected chi connectivity index (χ1v) is 8.27. The molecule has 5 heteroatoms. The molecule has 0 spiro atoms. The van der Waals surface area contributed by atoms with Gasteiger partial charge in [-0.1, -0.05) is 44.2 Å². The second-order valence-corrected chi connectivity index (χ2v) is 6.99. The molecule has 0 aromatic heterocycles. The lowest BCUT2D eigenvalue weighted by molar-refractivity contribution is 0.420. The van der Waals surface area contributed by atoms with Crippen LogP contribution in [-0.4, -0.2) is 11.2 Å². The zero-order chi connectivity index (χ0) is 17.7. The third-order valence-corrected chi connectivity index (χ3v) is 4.15. The first-order valence-electron chi connectivity index (χ1n) is 7.86. The zero-order valence-electron chi connectivity index (χ0n) is 14.1. The number of anilines is 1. The van der Waals surface area contributed by atoms with Gasteiger partial charge >= 0.3 is 0 Å². The van der Waals surface area contributed by atoms with E-state index in [0.717, 1.165) is 18.6 Å². The molecule has 0 unspecified atom stereocenters. The van der Waals surface area contributed by atoms with Crippen LogP contribution in [-0.2, 0) is 5.41 Å². The Morgan fingerprint density at radius 3 is 2.38 bits per heavy atom. The second-order valence-electron chi connectivity index (χ2n) is 6.58. The minimum Gasteiger partial charge on any atom is -0.360 e. The maximum absolute atomic E-state index is 13.2. The minimum atomic E-state index is -0.902. The van der Waals surface area contributed by atoms with E-state index in [2.05, 4.69) is 36.6 Å². The first kappa shape index (κ1) is 18.3. The Hall–Kier alpha value is -2.01. The molecule has 0 radical (unpaired) electrons. The highest BCUT2D eigenvalue weighted by atomic mass is 32.1. The Balaban J connectivity index is 1.92. The molecular formula is C19H22F2N2S. The van der Waals surface area contributed by atoms with Crippen molar-refractivity contribution in [3.63, 3.8) is 0 Å². The lowest BCUT2D eigenvalue weighted by atomic mass is 9.79. The van der Waals surface area contributed by atoms with Gasteiger partial charge in [0.25, 0.3) is 0 Å². The molecule has 2 aromatic carbocycles. The third-order valence-electron chi connectivity index (χ3n) is 3.93. The second kappa shape index (κ2) is 7.71. The number of hydrogen-bond donors (Lipinski definition) is 2. The SMILES string of the molecule is C[C@@H](CC(C)(C)c1ccccc1)NC(=S)Nc1ccc(F)c(F)c1. The highest BCUT2D eigenvalue weighted by Crippen LogP contribution is 2.28. The van der Waals surface area contributed by atoms with Crippen LogP contribution in [0.1, 0.15) is 32.8 Å². The molecule has 0 saturated heterocycles. The van der Waals surface area contributed by atoms with Crippen LogP contribution in [0.3, 0.4) is 0 Å². The van der Waals surface area contributed by atoms with Crippen molar-refractivity contribution in [3.05, 3.63) is 65.7 Å². The molecule has 2 rings (SSSR count). The van der Waals surface area contributed by atoms with Crippen LogP contribution in [0.15, 0.2) is 48.5 Å². The smallest absolute Gasteiger partial charge is 0.170 e. The highest BCUT2D eigenvalue weighted by molar-refractivity contribution is 7.80. The molecule has 0 aliphatic rings. The summed E-state index contributed by atoms with van der Waals surface area (Å²) in [4.78, 5) is 0. The normalized spacial score (nSPS) is 12.5. The summed E-state index contributed by atoms with van der Waals surface area (Å²) in [6.45, 7) is 6.42. The van der Waals surface area contributed by atoms with Crippen LogP contribution in [0, 0.1) is 11.6 Å². The fourth-order valence-electron chi connectivity index (χ4n) is 2.79. The topological polar surface area (TPSA) is 24.1 Å². The van der Waals surface area contributed by atoms with E-state index in [1.54, 1.807) is 0 Å². The van der Waals surface area contributed by atoms with Crippen LogP contribution in [0.2, 0.25) is 0 Å². The van der Waals surface area contributed by atoms with E-state index in [1.165, 1.54) is 11.6 Å². The van der Waals surface area contributed by atoms with Crippen molar-refractivity contribution in [2.75, 3.05) is 5.32 Å². The number of thiocarbonyl (C=S) groups is 1. The van der Waals surface area contributed by atoms with Gasteiger partial charge in [0.2, 0.25) is 0 Å². The summed E-state index contributed by atoms with van der Waals surface area (Å²) in [5.74, 6) is -1.78. The van der Waals surface area contributed by atoms with Gasteiger partial charge in [0.05, 0.1) is 0 Å². The van der Waals surface area contributed by atoms with Crippen molar-refractivity contribution in [2.24, 2.45) is 0 Å². The molecule has 2 aromatic rings. The Labute approximate surface area is 147 Å². The van der Waals surface area contributed by atoms with Crippen molar-refractivity contribution < 1.29 is 8.78 Å². The lowest BCUT2D eigenvalue weighted by Crippen LogP contribution is -2.39. The average Bonchev–Trinajstić information content (AvgIpc) is 2.51. The number of hydrogen-bond acceptors (Lipinski definition) is 1. The van der Waals surface area contributed by atoms with Crippen LogP contribution in [0.25, 0.3) is 0 Å². The van der Waals surface area contributed by atoms with Crippen molar-refractivity contribution in [1.29, 1.82) is 0 Å². The number of nitrogens with one attached hydrogen (secondary N) is 2. The number of benzene rings is 2. The van der Waals surface area contributed by atoms with Crippen molar-refractivity contribution >= 4 is 23.0 Å². The maximum atomic E-state index is 13.2. The van der Waals surface area contributed by atoms with Gasteiger partial charge in [-0.2, -0.15) is 0 Å². The third kappa shape index (κ3) is 4.99. The van der Waals surface area contributed by atoms with Gasteiger partial charge in [-0.3, -0.25) is 0 Å². The van der Waals surface area contributed by atoms with E-state index in [9.17, 15) is 8.78 Å². The van der Waals surface area contributed by atoms with E-state index < -0.39 is 11.6 Å². The molecule has 24 heavy (non-hydrogen) atoms. The van der Waals surface area contributed by atoms with Gasteiger partial charge in [0, 0.05) is 17.8 Å². The van der Waals surface area contributed by atoms with Gasteiger partial charge in [0.15, 0.2) is 16.7 Å². The van der Waals surface area contributed by atoms with Crippen LogP contribution in [0.4, 0.5) is 14.5 Å². The molecule has 0 fully saturated rings. The summed E-state index contributed by atoms with van der Waals surface area (Å²) in [5.41, 5.74) is 1.67. The van der Waals surface area contributed by atoms with E-state index >= 15 is 0 Å². The first-order chi connectivity index (χ1) is 11.3. The molecule has 0 bridgehead atoms. The predicted octanol–water partition coefficient (Wildman–Crippen LogP) is 5.01. The molecule has 2 nitrogen and oxygen atoms in total. The van der Waals surface area contributed by atoms with Gasteiger partial charge in [-0.15, -0.1) is 0 Å². The Bertz CT molecular complexity index is 702. The minimum absolute atomic E-state index is 0.00866. The van der Waals surface area contributed by atoms with Crippen LogP contribution in [0.5, 0.6) is 0 Å². The summed E-state index contributed by atoms with van der Waals surface area (Å²) < 4.78 is 26.2. The van der Waals surface area contributed by atoms with Crippen LogP contribution < -0.4 is 10.6 Å². The molecular weight excluding hydrogens is 326 g/mol. The van der Waals surface area contributed by atoms with Crippen LogP contribution >= 0.6 is 12.2 Å². The van der Waals surface area contributed by atoms with Gasteiger partial charge in [-0.25, -0.2) is 8.78 Å². The Morgan fingerprint density at radius 2 is 1.75 bits per heavy atom. The molecule has 0 aliphatic carbocycles. The Morgan fingerprint density at radius 1 is 1.08 bits per heavy atom. The summed E-state index contributed by atoms with van der Waals surface area (Å²) in [6, 6.07) is 14.0. The van der Waals surface area contributed by atoms with Crippen molar-refractivity contribution in [3.8, 4) is 0 Å². The van der Waals surface area contributed by atoms with E-state index in [0.29, 0.717) is 10.8 Å². The monoisotopic (exact) mass is 348 g/mol. The fourth-order valence-corrected chi connectivity index (χ4v) is 3.11. The number of halogens is 2. The van der Waals surface area contributed by atoms with Gasteiger partial charge in [-0.05, 0) is 48.7 Å². The van der Waals surface area contributed by atoms with E-state index in [-0.39, 0.29) is 11.5 Å². The molecule has 2 N–H and O–H groups in total. The number of rotatable bonds is 5. The Kier molecular flexibility index (Phi) is 5.89. The summed E-state index contributed by atoms with van der Waals surface area (Å²) in [5, 5.41) is 6.46. The summed E-state index contributed by atoms with van der Waals surface area (Å²) >= 11 is 5.26. The molecule has 1 atom stereocenters. The maximum Gasteiger partial charge on any atom is 0.170 e. The summed E-state index contributed by atoms with van der Waals surface area (Å²) in [7, 11) is 0. The van der Waals surface area contributed by atoms with Gasteiger partial charge in [0.1, 0.15) is 0 Å². The average molecular weight is 348 g/mol. The van der Waals surface area contributed by atoms with E-state index in [1.807, 2.05) is 25.1 Å². The van der Waals surface area contributed by atoms with Crippen molar-refractivity contribution in [2.45, 2.75) is 38.6 Å². The fraction of sp³-hybridized carbons (Fsp3) is 0.316. The molecule has 0 saturated carbocycles.